The average Bonchev–Trinajstić information content (AvgIpc) is 2.39. The number of ether oxygens (including phenoxy) is 1. The summed E-state index contributed by atoms with van der Waals surface area (Å²) in [5.41, 5.74) is 1.39. The minimum atomic E-state index is 0.840. The van der Waals surface area contributed by atoms with Crippen LogP contribution >= 0.6 is 0 Å². The van der Waals surface area contributed by atoms with Crippen molar-refractivity contribution in [2.75, 3.05) is 6.61 Å². The summed E-state index contributed by atoms with van der Waals surface area (Å²) >= 11 is 0. The average molecular weight is 150 g/mol. The Balaban J connectivity index is 2.60. The van der Waals surface area contributed by atoms with Crippen molar-refractivity contribution in [3.63, 3.8) is 0 Å². The van der Waals surface area contributed by atoms with Crippen molar-refractivity contribution in [2.45, 2.75) is 19.3 Å². The molecule has 0 saturated heterocycles. The zero-order valence-electron chi connectivity index (χ0n) is 6.81. The third kappa shape index (κ3) is 1.97. The molecular weight excluding hydrogens is 136 g/mol. The van der Waals surface area contributed by atoms with Gasteiger partial charge in [0.1, 0.15) is 0 Å². The van der Waals surface area contributed by atoms with E-state index < -0.39 is 0 Å². The van der Waals surface area contributed by atoms with Crippen molar-refractivity contribution >= 4 is 0 Å². The van der Waals surface area contributed by atoms with Crippen molar-refractivity contribution in [3.05, 3.63) is 36.6 Å². The normalized spacial score (nSPS) is 16.4. The third-order valence-electron chi connectivity index (χ3n) is 1.79. The highest BCUT2D eigenvalue weighted by atomic mass is 16.5. The van der Waals surface area contributed by atoms with Gasteiger partial charge in [-0.25, -0.2) is 0 Å². The van der Waals surface area contributed by atoms with Crippen LogP contribution in [0.2, 0.25) is 0 Å². The molecule has 1 rings (SSSR count). The summed E-state index contributed by atoms with van der Waals surface area (Å²) in [4.78, 5) is 0. The Morgan fingerprint density at radius 3 is 2.64 bits per heavy atom. The summed E-state index contributed by atoms with van der Waals surface area (Å²) in [6, 6.07) is 0. The molecule has 0 aromatic carbocycles. The van der Waals surface area contributed by atoms with Crippen LogP contribution in [0.1, 0.15) is 19.3 Å². The van der Waals surface area contributed by atoms with Crippen molar-refractivity contribution in [1.82, 2.24) is 0 Å². The Kier molecular flexibility index (Phi) is 2.96. The maximum Gasteiger partial charge on any atom is 0.0993 e. The van der Waals surface area contributed by atoms with Crippen molar-refractivity contribution in [3.8, 4) is 0 Å². The van der Waals surface area contributed by atoms with Gasteiger partial charge in [0.15, 0.2) is 0 Å². The van der Waals surface area contributed by atoms with E-state index in [0.29, 0.717) is 0 Å². The number of allylic oxidation sites excluding steroid dienone is 2. The Morgan fingerprint density at radius 2 is 2.00 bits per heavy atom. The van der Waals surface area contributed by atoms with Crippen LogP contribution in [0.15, 0.2) is 36.6 Å². The van der Waals surface area contributed by atoms with Gasteiger partial charge in [-0.1, -0.05) is 12.2 Å². The van der Waals surface area contributed by atoms with Gasteiger partial charge in [0, 0.05) is 12.8 Å². The minimum absolute atomic E-state index is 0.840. The van der Waals surface area contributed by atoms with Crippen LogP contribution in [0.25, 0.3) is 0 Å². The lowest BCUT2D eigenvalue weighted by Crippen LogP contribution is -1.83. The van der Waals surface area contributed by atoms with Gasteiger partial charge in [0.2, 0.25) is 0 Å². The molecule has 1 nitrogen and oxygen atoms in total. The SMILES string of the molecule is C=CCC1=C(CC=C)OCC1. The quantitative estimate of drug-likeness (QED) is 0.560. The number of hydrogen-bond donors (Lipinski definition) is 0. The molecule has 11 heavy (non-hydrogen) atoms. The Labute approximate surface area is 68.1 Å². The highest BCUT2D eigenvalue weighted by Crippen LogP contribution is 2.24. The molecule has 60 valence electrons. The summed E-state index contributed by atoms with van der Waals surface area (Å²) in [7, 11) is 0. The Morgan fingerprint density at radius 1 is 1.27 bits per heavy atom. The fraction of sp³-hybridized carbons (Fsp3) is 0.400. The molecular formula is C10H14O. The summed E-state index contributed by atoms with van der Waals surface area (Å²) in [5, 5.41) is 0. The second-order valence-electron chi connectivity index (χ2n) is 2.61. The molecule has 0 atom stereocenters. The van der Waals surface area contributed by atoms with Gasteiger partial charge in [0.05, 0.1) is 12.4 Å². The Bertz CT molecular complexity index is 169. The molecule has 0 spiro atoms. The van der Waals surface area contributed by atoms with E-state index in [2.05, 4.69) is 13.2 Å². The van der Waals surface area contributed by atoms with E-state index in [-0.39, 0.29) is 0 Å². The molecule has 1 heteroatoms. The van der Waals surface area contributed by atoms with Crippen LogP contribution in [-0.4, -0.2) is 6.61 Å². The molecule has 0 aromatic heterocycles. The maximum absolute atomic E-state index is 5.42. The standard InChI is InChI=1S/C10H14O/c1-3-5-9-7-8-11-10(9)6-4-2/h3-4H,1-2,5-8H2. The minimum Gasteiger partial charge on any atom is -0.497 e. The summed E-state index contributed by atoms with van der Waals surface area (Å²) in [6.45, 7) is 8.22. The van der Waals surface area contributed by atoms with E-state index in [1.54, 1.807) is 0 Å². The predicted octanol–water partition coefficient (Wildman–Crippen LogP) is 2.81. The highest BCUT2D eigenvalue weighted by Gasteiger charge is 2.12. The molecule has 0 N–H and O–H groups in total. The first-order valence-electron chi connectivity index (χ1n) is 3.94. The largest absolute Gasteiger partial charge is 0.497 e. The van der Waals surface area contributed by atoms with Crippen molar-refractivity contribution < 1.29 is 4.74 Å². The molecule has 0 radical (unpaired) electrons. The predicted molar refractivity (Wildman–Crippen MR) is 47.2 cm³/mol. The molecule has 1 aliphatic rings. The fourth-order valence-electron chi connectivity index (χ4n) is 1.26. The van der Waals surface area contributed by atoms with E-state index in [9.17, 15) is 0 Å². The molecule has 1 heterocycles. The second-order valence-corrected chi connectivity index (χ2v) is 2.61. The van der Waals surface area contributed by atoms with E-state index in [1.807, 2.05) is 12.2 Å². The molecule has 0 aromatic rings. The van der Waals surface area contributed by atoms with E-state index >= 15 is 0 Å². The van der Waals surface area contributed by atoms with Crippen LogP contribution < -0.4 is 0 Å². The maximum atomic E-state index is 5.42. The molecule has 0 amide bonds. The van der Waals surface area contributed by atoms with Crippen LogP contribution in [0, 0.1) is 0 Å². The van der Waals surface area contributed by atoms with Crippen LogP contribution in [0.5, 0.6) is 0 Å². The van der Waals surface area contributed by atoms with Gasteiger partial charge < -0.3 is 4.74 Å². The first-order chi connectivity index (χ1) is 5.38. The summed E-state index contributed by atoms with van der Waals surface area (Å²) in [6.07, 6.45) is 6.69. The van der Waals surface area contributed by atoms with Crippen LogP contribution in [0.3, 0.4) is 0 Å². The lowest BCUT2D eigenvalue weighted by atomic mass is 10.1. The van der Waals surface area contributed by atoms with Gasteiger partial charge in [-0.15, -0.1) is 13.2 Å². The smallest absolute Gasteiger partial charge is 0.0993 e. The molecule has 0 bridgehead atoms. The zero-order valence-corrected chi connectivity index (χ0v) is 6.81. The summed E-state index contributed by atoms with van der Waals surface area (Å²) in [5.74, 6) is 1.11. The van der Waals surface area contributed by atoms with Crippen LogP contribution in [-0.2, 0) is 4.74 Å². The third-order valence-corrected chi connectivity index (χ3v) is 1.79. The van der Waals surface area contributed by atoms with Crippen LogP contribution in [0.4, 0.5) is 0 Å². The Hall–Kier alpha value is -0.980. The van der Waals surface area contributed by atoms with Crippen molar-refractivity contribution in [1.29, 1.82) is 0 Å². The van der Waals surface area contributed by atoms with Crippen molar-refractivity contribution in [2.24, 2.45) is 0 Å². The molecule has 0 unspecified atom stereocenters. The number of hydrogen-bond acceptors (Lipinski definition) is 1. The van der Waals surface area contributed by atoms with E-state index in [4.69, 9.17) is 4.74 Å². The zero-order chi connectivity index (χ0) is 8.10. The lowest BCUT2D eigenvalue weighted by molar-refractivity contribution is 0.240. The van der Waals surface area contributed by atoms with E-state index in [0.717, 1.165) is 31.6 Å². The van der Waals surface area contributed by atoms with Gasteiger partial charge in [0.25, 0.3) is 0 Å². The molecule has 0 aliphatic carbocycles. The number of rotatable bonds is 4. The topological polar surface area (TPSA) is 9.23 Å². The second kappa shape index (κ2) is 4.02. The first-order valence-corrected chi connectivity index (χ1v) is 3.94. The monoisotopic (exact) mass is 150 g/mol. The molecule has 0 saturated carbocycles. The fourth-order valence-corrected chi connectivity index (χ4v) is 1.26. The van der Waals surface area contributed by atoms with Gasteiger partial charge in [-0.3, -0.25) is 0 Å². The highest BCUT2D eigenvalue weighted by molar-refractivity contribution is 5.17. The lowest BCUT2D eigenvalue weighted by Gasteiger charge is -2.00. The first kappa shape index (κ1) is 8.12. The van der Waals surface area contributed by atoms with Gasteiger partial charge >= 0.3 is 0 Å². The van der Waals surface area contributed by atoms with Gasteiger partial charge in [-0.2, -0.15) is 0 Å². The van der Waals surface area contributed by atoms with Gasteiger partial charge in [-0.05, 0) is 12.0 Å². The van der Waals surface area contributed by atoms with E-state index in [1.165, 1.54) is 5.57 Å². The molecule has 1 aliphatic heterocycles. The molecule has 0 fully saturated rings. The summed E-state index contributed by atoms with van der Waals surface area (Å²) < 4.78 is 5.42.